The molecule has 102 valence electrons. The summed E-state index contributed by atoms with van der Waals surface area (Å²) < 4.78 is 5.88. The van der Waals surface area contributed by atoms with Gasteiger partial charge in [0.1, 0.15) is 5.75 Å². The Labute approximate surface area is 119 Å². The van der Waals surface area contributed by atoms with Gasteiger partial charge >= 0.3 is 0 Å². The maximum atomic E-state index is 5.88. The van der Waals surface area contributed by atoms with Gasteiger partial charge in [0.25, 0.3) is 0 Å². The zero-order chi connectivity index (χ0) is 13.4. The average Bonchev–Trinajstić information content (AvgIpc) is 3.31. The van der Waals surface area contributed by atoms with E-state index in [1.54, 1.807) is 0 Å². The summed E-state index contributed by atoms with van der Waals surface area (Å²) in [5, 5.41) is 3.50. The smallest absolute Gasteiger partial charge is 0.120 e. The van der Waals surface area contributed by atoms with Gasteiger partial charge in [0.05, 0.1) is 6.10 Å². The summed E-state index contributed by atoms with van der Waals surface area (Å²) >= 11 is 0. The Kier molecular flexibility index (Phi) is 2.87. The van der Waals surface area contributed by atoms with E-state index in [1.165, 1.54) is 48.1 Å². The van der Waals surface area contributed by atoms with Crippen LogP contribution < -0.4 is 10.1 Å². The Hall–Kier alpha value is -1.96. The third kappa shape index (κ3) is 2.38. The van der Waals surface area contributed by atoms with Gasteiger partial charge in [-0.2, -0.15) is 0 Å². The van der Waals surface area contributed by atoms with Gasteiger partial charge in [-0.25, -0.2) is 0 Å². The minimum atomic E-state index is 0.454. The Bertz CT molecular complexity index is 631. The third-order valence-electron chi connectivity index (χ3n) is 4.04. The molecule has 0 bridgehead atoms. The molecule has 0 atom stereocenters. The quantitative estimate of drug-likeness (QED) is 0.895. The van der Waals surface area contributed by atoms with E-state index in [0.717, 1.165) is 12.3 Å². The van der Waals surface area contributed by atoms with Crippen LogP contribution in [0.4, 0.5) is 5.69 Å². The van der Waals surface area contributed by atoms with E-state index in [2.05, 4.69) is 47.8 Å². The number of hydrogen-bond acceptors (Lipinski definition) is 2. The van der Waals surface area contributed by atoms with Crippen LogP contribution in [-0.2, 0) is 6.42 Å². The molecule has 0 unspecified atom stereocenters. The molecular formula is C18H19NO. The fraction of sp³-hybridized carbons (Fsp3) is 0.333. The van der Waals surface area contributed by atoms with Gasteiger partial charge in [-0.3, -0.25) is 0 Å². The van der Waals surface area contributed by atoms with E-state index in [9.17, 15) is 0 Å². The van der Waals surface area contributed by atoms with Gasteiger partial charge < -0.3 is 10.1 Å². The SMILES string of the molecule is c1cc(OC2CC2)cc(-c2ccc3c(c2)NCCC3)c1. The van der Waals surface area contributed by atoms with Crippen LogP contribution in [0.5, 0.6) is 5.75 Å². The molecule has 0 radical (unpaired) electrons. The second-order valence-corrected chi connectivity index (χ2v) is 5.75. The number of anilines is 1. The molecule has 2 nitrogen and oxygen atoms in total. The molecule has 1 aliphatic carbocycles. The van der Waals surface area contributed by atoms with Crippen LogP contribution in [0.15, 0.2) is 42.5 Å². The Morgan fingerprint density at radius 2 is 1.90 bits per heavy atom. The van der Waals surface area contributed by atoms with Gasteiger partial charge in [-0.1, -0.05) is 24.3 Å². The second kappa shape index (κ2) is 4.86. The molecule has 0 saturated heterocycles. The highest BCUT2D eigenvalue weighted by molar-refractivity contribution is 5.71. The van der Waals surface area contributed by atoms with Crippen LogP contribution in [0.1, 0.15) is 24.8 Å². The standard InChI is InChI=1S/C18H19NO/c1-3-14(11-17(5-1)20-16-8-9-16)15-7-6-13-4-2-10-19-18(13)12-15/h1,3,5-7,11-12,16,19H,2,4,8-10H2. The molecule has 4 rings (SSSR count). The van der Waals surface area contributed by atoms with Crippen LogP contribution in [0, 0.1) is 0 Å². The van der Waals surface area contributed by atoms with Crippen LogP contribution in [-0.4, -0.2) is 12.6 Å². The lowest BCUT2D eigenvalue weighted by atomic mass is 9.98. The summed E-state index contributed by atoms with van der Waals surface area (Å²) in [5.41, 5.74) is 5.23. The number of nitrogens with one attached hydrogen (secondary N) is 1. The zero-order valence-corrected chi connectivity index (χ0v) is 11.6. The number of fused-ring (bicyclic) bond motifs is 1. The monoisotopic (exact) mass is 265 g/mol. The molecule has 1 saturated carbocycles. The topological polar surface area (TPSA) is 21.3 Å². The van der Waals surface area contributed by atoms with Gasteiger partial charge in [0.15, 0.2) is 0 Å². The largest absolute Gasteiger partial charge is 0.490 e. The molecule has 1 heterocycles. The van der Waals surface area contributed by atoms with Gasteiger partial charge in [-0.15, -0.1) is 0 Å². The van der Waals surface area contributed by atoms with Crippen molar-refractivity contribution in [2.45, 2.75) is 31.8 Å². The van der Waals surface area contributed by atoms with Gasteiger partial charge in [-0.05, 0) is 60.6 Å². The molecule has 2 aliphatic rings. The van der Waals surface area contributed by atoms with Crippen molar-refractivity contribution >= 4 is 5.69 Å². The molecule has 20 heavy (non-hydrogen) atoms. The van der Waals surface area contributed by atoms with E-state index in [-0.39, 0.29) is 0 Å². The zero-order valence-electron chi connectivity index (χ0n) is 11.6. The molecule has 1 aliphatic heterocycles. The number of rotatable bonds is 3. The fourth-order valence-electron chi connectivity index (χ4n) is 2.77. The van der Waals surface area contributed by atoms with Crippen molar-refractivity contribution in [3.8, 4) is 16.9 Å². The van der Waals surface area contributed by atoms with Crippen LogP contribution in [0.3, 0.4) is 0 Å². The van der Waals surface area contributed by atoms with Crippen molar-refractivity contribution < 1.29 is 4.74 Å². The average molecular weight is 265 g/mol. The van der Waals surface area contributed by atoms with Crippen molar-refractivity contribution in [1.82, 2.24) is 0 Å². The number of aryl methyl sites for hydroxylation is 1. The first-order valence-electron chi connectivity index (χ1n) is 7.52. The summed E-state index contributed by atoms with van der Waals surface area (Å²) in [4.78, 5) is 0. The molecule has 0 spiro atoms. The summed E-state index contributed by atoms with van der Waals surface area (Å²) in [6, 6.07) is 15.2. The molecule has 0 aromatic heterocycles. The third-order valence-corrected chi connectivity index (χ3v) is 4.04. The van der Waals surface area contributed by atoms with E-state index in [1.807, 2.05) is 0 Å². The number of hydrogen-bond donors (Lipinski definition) is 1. The van der Waals surface area contributed by atoms with Crippen LogP contribution in [0.2, 0.25) is 0 Å². The molecule has 2 aromatic carbocycles. The molecule has 2 heteroatoms. The van der Waals surface area contributed by atoms with E-state index in [4.69, 9.17) is 4.74 Å². The molecule has 0 amide bonds. The highest BCUT2D eigenvalue weighted by atomic mass is 16.5. The van der Waals surface area contributed by atoms with Gasteiger partial charge in [0, 0.05) is 12.2 Å². The maximum absolute atomic E-state index is 5.88. The highest BCUT2D eigenvalue weighted by Crippen LogP contribution is 2.32. The fourth-order valence-corrected chi connectivity index (χ4v) is 2.77. The predicted molar refractivity (Wildman–Crippen MR) is 82.3 cm³/mol. The molecule has 2 aromatic rings. The summed E-state index contributed by atoms with van der Waals surface area (Å²) in [7, 11) is 0. The van der Waals surface area contributed by atoms with Crippen molar-refractivity contribution in [2.75, 3.05) is 11.9 Å². The van der Waals surface area contributed by atoms with E-state index in [0.29, 0.717) is 6.10 Å². The van der Waals surface area contributed by atoms with Crippen molar-refractivity contribution in [2.24, 2.45) is 0 Å². The minimum Gasteiger partial charge on any atom is -0.490 e. The lowest BCUT2D eigenvalue weighted by molar-refractivity contribution is 0.303. The first kappa shape index (κ1) is 11.8. The van der Waals surface area contributed by atoms with Crippen LogP contribution >= 0.6 is 0 Å². The predicted octanol–water partition coefficient (Wildman–Crippen LogP) is 4.25. The second-order valence-electron chi connectivity index (χ2n) is 5.75. The van der Waals surface area contributed by atoms with Gasteiger partial charge in [0.2, 0.25) is 0 Å². The summed E-state index contributed by atoms with van der Waals surface area (Å²) in [6.07, 6.45) is 5.28. The number of ether oxygens (including phenoxy) is 1. The summed E-state index contributed by atoms with van der Waals surface area (Å²) in [5.74, 6) is 0.996. The first-order valence-corrected chi connectivity index (χ1v) is 7.52. The van der Waals surface area contributed by atoms with E-state index >= 15 is 0 Å². The van der Waals surface area contributed by atoms with E-state index < -0.39 is 0 Å². The Balaban J connectivity index is 1.65. The van der Waals surface area contributed by atoms with Crippen LogP contribution in [0.25, 0.3) is 11.1 Å². The normalized spacial score (nSPS) is 17.2. The van der Waals surface area contributed by atoms with Crippen molar-refractivity contribution in [3.63, 3.8) is 0 Å². The highest BCUT2D eigenvalue weighted by Gasteiger charge is 2.23. The van der Waals surface area contributed by atoms with Crippen molar-refractivity contribution in [1.29, 1.82) is 0 Å². The lowest BCUT2D eigenvalue weighted by Gasteiger charge is -2.19. The lowest BCUT2D eigenvalue weighted by Crippen LogP contribution is -2.11. The first-order chi connectivity index (χ1) is 9.88. The maximum Gasteiger partial charge on any atom is 0.120 e. The van der Waals surface area contributed by atoms with Crippen molar-refractivity contribution in [3.05, 3.63) is 48.0 Å². The Morgan fingerprint density at radius 1 is 1.00 bits per heavy atom. The minimum absolute atomic E-state index is 0.454. The Morgan fingerprint density at radius 3 is 2.80 bits per heavy atom. The number of benzene rings is 2. The molecule has 1 fully saturated rings. The summed E-state index contributed by atoms with van der Waals surface area (Å²) in [6.45, 7) is 1.08. The molecule has 1 N–H and O–H groups in total. The molecular weight excluding hydrogens is 246 g/mol.